The highest BCUT2D eigenvalue weighted by Crippen LogP contribution is 2.37. The maximum Gasteiger partial charge on any atom is 0.144 e. The van der Waals surface area contributed by atoms with E-state index in [-0.39, 0.29) is 0 Å². The fourth-order valence-corrected chi connectivity index (χ4v) is 4.41. The molecule has 6 heteroatoms. The molecule has 0 unspecified atom stereocenters. The molecule has 0 saturated heterocycles. The van der Waals surface area contributed by atoms with Crippen LogP contribution in [0.5, 0.6) is 0 Å². The molecule has 1 aliphatic carbocycles. The number of halogens is 1. The molecule has 0 aromatic carbocycles. The Morgan fingerprint density at radius 2 is 2.15 bits per heavy atom. The second-order valence-corrected chi connectivity index (χ2v) is 8.52. The number of nitrogens with one attached hydrogen (secondary N) is 2. The summed E-state index contributed by atoms with van der Waals surface area (Å²) in [6.07, 6.45) is 14.0. The van der Waals surface area contributed by atoms with Crippen LogP contribution in [-0.2, 0) is 0 Å². The second kappa shape index (κ2) is 10.3. The molecule has 2 atom stereocenters. The van der Waals surface area contributed by atoms with Crippen LogP contribution in [0, 0.1) is 5.92 Å². The highest BCUT2D eigenvalue weighted by Gasteiger charge is 2.27. The molecule has 1 aliphatic rings. The molecule has 0 spiro atoms. The van der Waals surface area contributed by atoms with Crippen LogP contribution in [0.2, 0.25) is 0 Å². The van der Waals surface area contributed by atoms with Crippen molar-refractivity contribution < 1.29 is 0 Å². The van der Waals surface area contributed by atoms with Gasteiger partial charge in [-0.25, -0.2) is 9.97 Å². The number of allylic oxidation sites excluding steroid dienone is 1. The van der Waals surface area contributed by atoms with Crippen LogP contribution in [0.15, 0.2) is 34.8 Å². The number of nitrogens with zero attached hydrogens (tertiary/aromatic N) is 3. The van der Waals surface area contributed by atoms with Crippen molar-refractivity contribution in [2.75, 3.05) is 26.2 Å². The van der Waals surface area contributed by atoms with Crippen molar-refractivity contribution in [3.8, 4) is 0 Å². The predicted octanol–water partition coefficient (Wildman–Crippen LogP) is 4.46. The summed E-state index contributed by atoms with van der Waals surface area (Å²) in [6, 6.07) is 0.553. The van der Waals surface area contributed by atoms with E-state index in [1.807, 2.05) is 6.20 Å². The Kier molecular flexibility index (Phi) is 7.85. The van der Waals surface area contributed by atoms with Crippen LogP contribution in [0.25, 0.3) is 11.0 Å². The lowest BCUT2D eigenvalue weighted by Gasteiger charge is -2.15. The molecule has 0 bridgehead atoms. The fraction of sp³-hybridized carbons (Fsp3) is 0.619. The maximum absolute atomic E-state index is 4.49. The molecule has 0 amide bonds. The topological polar surface area (TPSA) is 54.8 Å². The SMILES string of the molecule is C/C=C(\C)CCNCCCNC[C@@H]1CC[C@H](n2cc(Br)c3cncnc32)C1. The first-order valence-electron chi connectivity index (χ1n) is 10.2. The fourth-order valence-electron chi connectivity index (χ4n) is 3.91. The molecule has 27 heavy (non-hydrogen) atoms. The quantitative estimate of drug-likeness (QED) is 0.428. The Bertz CT molecular complexity index is 754. The molecular formula is C21H32BrN5. The van der Waals surface area contributed by atoms with Gasteiger partial charge in [0.25, 0.3) is 0 Å². The normalized spacial score (nSPS) is 20.6. The van der Waals surface area contributed by atoms with Crippen molar-refractivity contribution in [3.63, 3.8) is 0 Å². The number of aromatic nitrogens is 3. The van der Waals surface area contributed by atoms with E-state index >= 15 is 0 Å². The summed E-state index contributed by atoms with van der Waals surface area (Å²) in [6.45, 7) is 8.72. The molecule has 2 aromatic heterocycles. The smallest absolute Gasteiger partial charge is 0.144 e. The molecule has 5 nitrogen and oxygen atoms in total. The van der Waals surface area contributed by atoms with E-state index in [9.17, 15) is 0 Å². The van der Waals surface area contributed by atoms with Crippen molar-refractivity contribution in [2.45, 2.75) is 52.0 Å². The third-order valence-electron chi connectivity index (χ3n) is 5.68. The van der Waals surface area contributed by atoms with E-state index in [2.05, 4.69) is 67.2 Å². The van der Waals surface area contributed by atoms with Crippen LogP contribution in [-0.4, -0.2) is 40.7 Å². The van der Waals surface area contributed by atoms with Crippen molar-refractivity contribution in [2.24, 2.45) is 5.92 Å². The lowest BCUT2D eigenvalue weighted by atomic mass is 10.1. The van der Waals surface area contributed by atoms with E-state index in [0.717, 1.165) is 54.0 Å². The molecule has 2 N–H and O–H groups in total. The molecule has 2 heterocycles. The van der Waals surface area contributed by atoms with Gasteiger partial charge in [-0.2, -0.15) is 0 Å². The molecular weight excluding hydrogens is 402 g/mol. The zero-order valence-corrected chi connectivity index (χ0v) is 18.1. The summed E-state index contributed by atoms with van der Waals surface area (Å²) in [5.74, 6) is 0.762. The number of rotatable bonds is 10. The lowest BCUT2D eigenvalue weighted by molar-refractivity contribution is 0.452. The van der Waals surface area contributed by atoms with Crippen molar-refractivity contribution in [3.05, 3.63) is 34.8 Å². The van der Waals surface area contributed by atoms with E-state index in [1.165, 1.54) is 31.3 Å². The highest BCUT2D eigenvalue weighted by atomic mass is 79.9. The van der Waals surface area contributed by atoms with Crippen LogP contribution in [0.1, 0.15) is 52.0 Å². The molecule has 0 radical (unpaired) electrons. The molecule has 1 saturated carbocycles. The summed E-state index contributed by atoms with van der Waals surface area (Å²) in [5, 5.41) is 8.29. The summed E-state index contributed by atoms with van der Waals surface area (Å²) in [5.41, 5.74) is 2.51. The Morgan fingerprint density at radius 3 is 3.00 bits per heavy atom. The maximum atomic E-state index is 4.49. The van der Waals surface area contributed by atoms with E-state index < -0.39 is 0 Å². The third-order valence-corrected chi connectivity index (χ3v) is 6.31. The summed E-state index contributed by atoms with van der Waals surface area (Å²) in [4.78, 5) is 8.64. The van der Waals surface area contributed by atoms with Gasteiger partial charge in [0.2, 0.25) is 0 Å². The molecule has 0 aliphatic heterocycles. The average molecular weight is 434 g/mol. The number of hydrogen-bond acceptors (Lipinski definition) is 4. The second-order valence-electron chi connectivity index (χ2n) is 7.67. The average Bonchev–Trinajstić information content (AvgIpc) is 3.28. The Balaban J connectivity index is 1.34. The zero-order valence-electron chi connectivity index (χ0n) is 16.5. The largest absolute Gasteiger partial charge is 0.328 e. The van der Waals surface area contributed by atoms with Crippen molar-refractivity contribution in [1.29, 1.82) is 0 Å². The Morgan fingerprint density at radius 1 is 1.30 bits per heavy atom. The van der Waals surface area contributed by atoms with Crippen molar-refractivity contribution >= 4 is 27.0 Å². The first-order chi connectivity index (χ1) is 13.2. The van der Waals surface area contributed by atoms with Gasteiger partial charge in [-0.05, 0) is 94.0 Å². The number of fused-ring (bicyclic) bond motifs is 1. The standard InChI is InChI=1S/C21H32BrN5/c1-3-16(2)7-10-23-8-4-9-24-12-17-5-6-18(11-17)27-14-20(22)19-13-25-15-26-21(19)27/h3,13-15,17-18,23-24H,4-12H2,1-2H3/b16-3+/t17-,18+/m1/s1. The van der Waals surface area contributed by atoms with Crippen LogP contribution < -0.4 is 10.6 Å². The zero-order chi connectivity index (χ0) is 19.1. The minimum absolute atomic E-state index is 0.553. The monoisotopic (exact) mass is 433 g/mol. The lowest BCUT2D eigenvalue weighted by Crippen LogP contribution is -2.26. The van der Waals surface area contributed by atoms with Gasteiger partial charge in [0, 0.05) is 22.9 Å². The van der Waals surface area contributed by atoms with Crippen LogP contribution >= 0.6 is 15.9 Å². The van der Waals surface area contributed by atoms with Gasteiger partial charge in [-0.3, -0.25) is 0 Å². The molecule has 1 fully saturated rings. The van der Waals surface area contributed by atoms with Gasteiger partial charge in [0.15, 0.2) is 0 Å². The van der Waals surface area contributed by atoms with Crippen molar-refractivity contribution in [1.82, 2.24) is 25.2 Å². The van der Waals surface area contributed by atoms with E-state index in [0.29, 0.717) is 6.04 Å². The minimum Gasteiger partial charge on any atom is -0.328 e. The summed E-state index contributed by atoms with van der Waals surface area (Å²) in [7, 11) is 0. The molecule has 3 rings (SSSR count). The minimum atomic E-state index is 0.553. The first-order valence-corrected chi connectivity index (χ1v) is 11.0. The molecule has 148 valence electrons. The van der Waals surface area contributed by atoms with Gasteiger partial charge >= 0.3 is 0 Å². The predicted molar refractivity (Wildman–Crippen MR) is 116 cm³/mol. The van der Waals surface area contributed by atoms with Gasteiger partial charge in [-0.15, -0.1) is 0 Å². The summed E-state index contributed by atoms with van der Waals surface area (Å²) < 4.78 is 3.44. The Labute approximate surface area is 171 Å². The van der Waals surface area contributed by atoms with Crippen LogP contribution in [0.4, 0.5) is 0 Å². The van der Waals surface area contributed by atoms with Crippen LogP contribution in [0.3, 0.4) is 0 Å². The van der Waals surface area contributed by atoms with Gasteiger partial charge in [-0.1, -0.05) is 11.6 Å². The first kappa shape index (κ1) is 20.5. The molecule has 2 aromatic rings. The highest BCUT2D eigenvalue weighted by molar-refractivity contribution is 9.10. The third kappa shape index (κ3) is 5.62. The summed E-state index contributed by atoms with van der Waals surface area (Å²) >= 11 is 3.65. The van der Waals surface area contributed by atoms with Gasteiger partial charge in [0.1, 0.15) is 12.0 Å². The number of hydrogen-bond donors (Lipinski definition) is 2. The van der Waals surface area contributed by atoms with E-state index in [1.54, 1.807) is 6.33 Å². The van der Waals surface area contributed by atoms with E-state index in [4.69, 9.17) is 0 Å². The van der Waals surface area contributed by atoms with Gasteiger partial charge < -0.3 is 15.2 Å². The van der Waals surface area contributed by atoms with Gasteiger partial charge in [0.05, 0.1) is 5.39 Å². The Hall–Kier alpha value is -1.24.